The summed E-state index contributed by atoms with van der Waals surface area (Å²) >= 11 is 0. The van der Waals surface area contributed by atoms with Gasteiger partial charge >= 0.3 is 0 Å². The highest BCUT2D eigenvalue weighted by Gasteiger charge is 2.07. The minimum Gasteiger partial charge on any atom is -0.313 e. The molecule has 0 aliphatic heterocycles. The molecule has 4 heteroatoms. The van der Waals surface area contributed by atoms with E-state index in [1.165, 1.54) is 18.3 Å². The quantitative estimate of drug-likeness (QED) is 0.899. The highest BCUT2D eigenvalue weighted by Crippen LogP contribution is 2.23. The first-order valence-corrected chi connectivity index (χ1v) is 5.80. The summed E-state index contributed by atoms with van der Waals surface area (Å²) in [6, 6.07) is 6.21. The van der Waals surface area contributed by atoms with Crippen LogP contribution in [0.2, 0.25) is 0 Å². The number of hydrogen-bond acceptors (Lipinski definition) is 2. The molecule has 1 heterocycles. The molecule has 0 aliphatic rings. The van der Waals surface area contributed by atoms with E-state index in [0.717, 1.165) is 18.3 Å². The van der Waals surface area contributed by atoms with Gasteiger partial charge in [0.15, 0.2) is 0 Å². The number of pyridine rings is 1. The highest BCUT2D eigenvalue weighted by molar-refractivity contribution is 5.63. The Balaban J connectivity index is 2.29. The average Bonchev–Trinajstić information content (AvgIpc) is 2.36. The van der Waals surface area contributed by atoms with Crippen molar-refractivity contribution in [2.45, 2.75) is 13.5 Å². The Labute approximate surface area is 105 Å². The molecule has 0 fully saturated rings. The van der Waals surface area contributed by atoms with E-state index in [0.29, 0.717) is 17.7 Å². The van der Waals surface area contributed by atoms with E-state index in [1.54, 1.807) is 6.07 Å². The standard InChI is InChI=1S/C14H14F2N2/c1-2-17-7-10-3-4-13(14(16)5-10)11-6-12(15)9-18-8-11/h3-6,8-9,17H,2,7H2,1H3. The summed E-state index contributed by atoms with van der Waals surface area (Å²) in [6.45, 7) is 3.44. The van der Waals surface area contributed by atoms with Crippen LogP contribution in [0.15, 0.2) is 36.7 Å². The Morgan fingerprint density at radius 2 is 2.00 bits per heavy atom. The monoisotopic (exact) mass is 248 g/mol. The Hall–Kier alpha value is -1.81. The van der Waals surface area contributed by atoms with Crippen molar-refractivity contribution < 1.29 is 8.78 Å². The lowest BCUT2D eigenvalue weighted by atomic mass is 10.0. The number of hydrogen-bond donors (Lipinski definition) is 1. The zero-order valence-electron chi connectivity index (χ0n) is 10.1. The number of nitrogens with one attached hydrogen (secondary N) is 1. The summed E-state index contributed by atoms with van der Waals surface area (Å²) in [5.41, 5.74) is 1.67. The van der Waals surface area contributed by atoms with E-state index >= 15 is 0 Å². The second-order valence-corrected chi connectivity index (χ2v) is 3.99. The first-order chi connectivity index (χ1) is 8.70. The molecule has 0 aliphatic carbocycles. The molecule has 0 saturated heterocycles. The Morgan fingerprint density at radius 1 is 1.17 bits per heavy atom. The molecule has 0 spiro atoms. The van der Waals surface area contributed by atoms with Crippen LogP contribution in [0.5, 0.6) is 0 Å². The van der Waals surface area contributed by atoms with Crippen LogP contribution >= 0.6 is 0 Å². The molecule has 1 N–H and O–H groups in total. The molecule has 1 aromatic heterocycles. The predicted molar refractivity (Wildman–Crippen MR) is 67.0 cm³/mol. The van der Waals surface area contributed by atoms with Crippen molar-refractivity contribution in [3.05, 3.63) is 53.9 Å². The summed E-state index contributed by atoms with van der Waals surface area (Å²) in [5.74, 6) is -0.832. The van der Waals surface area contributed by atoms with Crippen molar-refractivity contribution >= 4 is 0 Å². The SMILES string of the molecule is CCNCc1ccc(-c2cncc(F)c2)c(F)c1. The van der Waals surface area contributed by atoms with Crippen LogP contribution in [-0.2, 0) is 6.54 Å². The van der Waals surface area contributed by atoms with Gasteiger partial charge in [-0.2, -0.15) is 0 Å². The van der Waals surface area contributed by atoms with Gasteiger partial charge in [-0.05, 0) is 24.2 Å². The van der Waals surface area contributed by atoms with Crippen LogP contribution in [0.4, 0.5) is 8.78 Å². The smallest absolute Gasteiger partial charge is 0.142 e. The van der Waals surface area contributed by atoms with E-state index in [-0.39, 0.29) is 5.82 Å². The zero-order chi connectivity index (χ0) is 13.0. The van der Waals surface area contributed by atoms with Crippen molar-refractivity contribution in [1.29, 1.82) is 0 Å². The molecular weight excluding hydrogens is 234 g/mol. The maximum atomic E-state index is 13.9. The average molecular weight is 248 g/mol. The summed E-state index contributed by atoms with van der Waals surface area (Å²) in [7, 11) is 0. The summed E-state index contributed by atoms with van der Waals surface area (Å²) in [5, 5.41) is 3.12. The van der Waals surface area contributed by atoms with E-state index in [2.05, 4.69) is 10.3 Å². The van der Waals surface area contributed by atoms with E-state index in [4.69, 9.17) is 0 Å². The Bertz CT molecular complexity index is 541. The number of halogens is 2. The molecule has 1 aromatic carbocycles. The third-order valence-corrected chi connectivity index (χ3v) is 2.63. The number of nitrogens with zero attached hydrogens (tertiary/aromatic N) is 1. The molecule has 2 rings (SSSR count). The largest absolute Gasteiger partial charge is 0.313 e. The van der Waals surface area contributed by atoms with Crippen LogP contribution < -0.4 is 5.32 Å². The molecule has 0 atom stereocenters. The van der Waals surface area contributed by atoms with Crippen LogP contribution in [0.25, 0.3) is 11.1 Å². The van der Waals surface area contributed by atoms with Gasteiger partial charge in [-0.15, -0.1) is 0 Å². The van der Waals surface area contributed by atoms with Gasteiger partial charge in [0, 0.05) is 23.9 Å². The van der Waals surface area contributed by atoms with Gasteiger partial charge in [0.2, 0.25) is 0 Å². The molecule has 2 aromatic rings. The first kappa shape index (κ1) is 12.6. The summed E-state index contributed by atoms with van der Waals surface area (Å²) in [4.78, 5) is 3.72. The van der Waals surface area contributed by atoms with Crippen LogP contribution in [0.3, 0.4) is 0 Å². The summed E-state index contributed by atoms with van der Waals surface area (Å²) < 4.78 is 27.0. The van der Waals surface area contributed by atoms with Crippen molar-refractivity contribution in [2.75, 3.05) is 6.54 Å². The highest BCUT2D eigenvalue weighted by atomic mass is 19.1. The van der Waals surface area contributed by atoms with Gasteiger partial charge in [-0.3, -0.25) is 4.98 Å². The molecule has 18 heavy (non-hydrogen) atoms. The molecule has 0 bridgehead atoms. The predicted octanol–water partition coefficient (Wildman–Crippen LogP) is 3.14. The van der Waals surface area contributed by atoms with Gasteiger partial charge in [0.25, 0.3) is 0 Å². The molecule has 0 radical (unpaired) electrons. The summed E-state index contributed by atoms with van der Waals surface area (Å²) in [6.07, 6.45) is 2.55. The van der Waals surface area contributed by atoms with E-state index < -0.39 is 5.82 Å². The first-order valence-electron chi connectivity index (χ1n) is 5.80. The van der Waals surface area contributed by atoms with Gasteiger partial charge in [-0.25, -0.2) is 8.78 Å². The molecule has 0 amide bonds. The minimum absolute atomic E-state index is 0.363. The van der Waals surface area contributed by atoms with Crippen molar-refractivity contribution in [2.24, 2.45) is 0 Å². The van der Waals surface area contributed by atoms with Crippen LogP contribution in [0.1, 0.15) is 12.5 Å². The number of rotatable bonds is 4. The van der Waals surface area contributed by atoms with Crippen LogP contribution in [-0.4, -0.2) is 11.5 Å². The third-order valence-electron chi connectivity index (χ3n) is 2.63. The lowest BCUT2D eigenvalue weighted by molar-refractivity contribution is 0.618. The molecule has 2 nitrogen and oxygen atoms in total. The maximum absolute atomic E-state index is 13.9. The second kappa shape index (κ2) is 5.69. The molecule has 0 unspecified atom stereocenters. The number of benzene rings is 1. The van der Waals surface area contributed by atoms with Gasteiger partial charge < -0.3 is 5.32 Å². The van der Waals surface area contributed by atoms with Gasteiger partial charge in [-0.1, -0.05) is 19.1 Å². The van der Waals surface area contributed by atoms with Crippen LogP contribution in [0, 0.1) is 11.6 Å². The third kappa shape index (κ3) is 2.90. The minimum atomic E-state index is -0.469. The van der Waals surface area contributed by atoms with Crippen molar-refractivity contribution in [3.63, 3.8) is 0 Å². The lowest BCUT2D eigenvalue weighted by Crippen LogP contribution is -2.11. The fraction of sp³-hybridized carbons (Fsp3) is 0.214. The van der Waals surface area contributed by atoms with E-state index in [9.17, 15) is 8.78 Å². The molecule has 0 saturated carbocycles. The second-order valence-electron chi connectivity index (χ2n) is 3.99. The Kier molecular flexibility index (Phi) is 3.99. The topological polar surface area (TPSA) is 24.9 Å². The van der Waals surface area contributed by atoms with Gasteiger partial charge in [0.05, 0.1) is 6.20 Å². The van der Waals surface area contributed by atoms with Crippen molar-refractivity contribution in [3.8, 4) is 11.1 Å². The fourth-order valence-electron chi connectivity index (χ4n) is 1.73. The molecule has 94 valence electrons. The maximum Gasteiger partial charge on any atom is 0.142 e. The normalized spacial score (nSPS) is 10.6. The fourth-order valence-corrected chi connectivity index (χ4v) is 1.73. The van der Waals surface area contributed by atoms with E-state index in [1.807, 2.05) is 13.0 Å². The van der Waals surface area contributed by atoms with Gasteiger partial charge in [0.1, 0.15) is 11.6 Å². The molecular formula is C14H14F2N2. The van der Waals surface area contributed by atoms with Crippen molar-refractivity contribution in [1.82, 2.24) is 10.3 Å². The zero-order valence-corrected chi connectivity index (χ0v) is 10.1. The lowest BCUT2D eigenvalue weighted by Gasteiger charge is -2.06. The Morgan fingerprint density at radius 3 is 2.67 bits per heavy atom. The number of aromatic nitrogens is 1.